The summed E-state index contributed by atoms with van der Waals surface area (Å²) < 4.78 is 141. The number of hydrogen-bond acceptors (Lipinski definition) is 28. The smallest absolute Gasteiger partial charge is 0.296 e. The van der Waals surface area contributed by atoms with Gasteiger partial charge in [-0.05, 0) is 54.6 Å². The van der Waals surface area contributed by atoms with Gasteiger partial charge in [-0.2, -0.15) is 21.9 Å². The summed E-state index contributed by atoms with van der Waals surface area (Å²) in [4.78, 5) is -2.11. The first-order valence-electron chi connectivity index (χ1n) is 15.5. The van der Waals surface area contributed by atoms with E-state index >= 15 is 0 Å². The molecule has 4 aromatic rings. The molecule has 4 aromatic carbocycles. The van der Waals surface area contributed by atoms with Crippen molar-refractivity contribution in [3.63, 3.8) is 0 Å². The van der Waals surface area contributed by atoms with E-state index in [9.17, 15) is 47.9 Å². The molecule has 334 valence electrons. The molecule has 0 aliphatic heterocycles. The molecule has 0 atom stereocenters. The lowest BCUT2D eigenvalue weighted by molar-refractivity contribution is -0.434. The number of phenolic OH excluding ortho intramolecular Hbond substituents is 1. The van der Waals surface area contributed by atoms with E-state index in [1.54, 1.807) is 0 Å². The molecule has 0 amide bonds. The van der Waals surface area contributed by atoms with E-state index in [1.165, 1.54) is 30.3 Å². The number of rotatable bonds is 25. The van der Waals surface area contributed by atoms with Crippen molar-refractivity contribution in [3.05, 3.63) is 60.7 Å². The Kier molecular flexibility index (Phi) is 18.5. The zero-order valence-corrected chi connectivity index (χ0v) is 35.4. The highest BCUT2D eigenvalue weighted by atomic mass is 32.2. The third kappa shape index (κ3) is 14.7. The predicted molar refractivity (Wildman–Crippen MR) is 208 cm³/mol. The summed E-state index contributed by atoms with van der Waals surface area (Å²) in [5.41, 5.74) is -1.70. The van der Waals surface area contributed by atoms with E-state index in [0.29, 0.717) is 6.07 Å². The van der Waals surface area contributed by atoms with Gasteiger partial charge in [0.05, 0.1) is 62.8 Å². The normalized spacial score (nSPS) is 12.9. The van der Waals surface area contributed by atoms with Gasteiger partial charge in [0.1, 0.15) is 27.8 Å². The highest BCUT2D eigenvalue weighted by molar-refractivity contribution is 7.94. The molecule has 0 unspecified atom stereocenters. The molecule has 0 spiro atoms. The van der Waals surface area contributed by atoms with Crippen LogP contribution in [-0.2, 0) is 76.4 Å². The zero-order valence-electron chi connectivity index (χ0n) is 29.7. The second-order valence-electron chi connectivity index (χ2n) is 11.0. The summed E-state index contributed by atoms with van der Waals surface area (Å²) in [6, 6.07) is 10.9. The van der Waals surface area contributed by atoms with Crippen LogP contribution in [0.4, 0.5) is 28.4 Å². The van der Waals surface area contributed by atoms with Gasteiger partial charge >= 0.3 is 0 Å². The van der Waals surface area contributed by atoms with Gasteiger partial charge in [-0.25, -0.2) is 32.6 Å². The Labute approximate surface area is 356 Å². The van der Waals surface area contributed by atoms with Gasteiger partial charge in [-0.3, -0.25) is 17.5 Å². The molecule has 0 heterocycles. The minimum absolute atomic E-state index is 0.0500. The fourth-order valence-corrected chi connectivity index (χ4v) is 9.04. The molecule has 0 aliphatic carbocycles. The van der Waals surface area contributed by atoms with Crippen LogP contribution in [0.3, 0.4) is 0 Å². The Hall–Kier alpha value is -3.73. The van der Waals surface area contributed by atoms with Crippen LogP contribution >= 0.6 is 36.7 Å². The fourth-order valence-electron chi connectivity index (χ4n) is 4.62. The monoisotopic (exact) mass is 997 g/mol. The van der Waals surface area contributed by atoms with Gasteiger partial charge in [-0.15, -0.1) is 28.3 Å². The van der Waals surface area contributed by atoms with E-state index in [2.05, 4.69) is 53.9 Å². The minimum atomic E-state index is -5.23. The maximum atomic E-state index is 12.9. The van der Waals surface area contributed by atoms with Gasteiger partial charge in [-0.1, -0.05) is 21.2 Å². The van der Waals surface area contributed by atoms with Crippen LogP contribution in [-0.4, -0.2) is 94.3 Å². The Morgan fingerprint density at radius 1 is 0.639 bits per heavy atom. The van der Waals surface area contributed by atoms with Crippen molar-refractivity contribution >= 4 is 116 Å². The zero-order chi connectivity index (χ0) is 44.8. The first-order valence-corrected chi connectivity index (χ1v) is 23.9. The molecule has 7 N–H and O–H groups in total. The summed E-state index contributed by atoms with van der Waals surface area (Å²) in [6.07, 6.45) is 0. The van der Waals surface area contributed by atoms with Crippen molar-refractivity contribution in [3.8, 4) is 5.75 Å². The molecule has 34 heteroatoms. The number of fused-ring (bicyclic) bond motifs is 1. The molecule has 0 aromatic heterocycles. The van der Waals surface area contributed by atoms with E-state index < -0.39 is 85.1 Å². The number of nitrogens with zero attached hydrogens (tertiary/aromatic N) is 4. The number of phenols is 1. The van der Waals surface area contributed by atoms with E-state index in [1.807, 2.05) is 0 Å². The van der Waals surface area contributed by atoms with Gasteiger partial charge in [0.25, 0.3) is 20.2 Å². The fraction of sp³-hybridized carbons (Fsp3) is 0.185. The molecular weight excluding hydrogens is 971 g/mol. The van der Waals surface area contributed by atoms with Crippen LogP contribution in [0.15, 0.2) is 101 Å². The Balaban J connectivity index is 1.82. The molecule has 61 heavy (non-hydrogen) atoms. The molecule has 4 rings (SSSR count). The summed E-state index contributed by atoms with van der Waals surface area (Å²) in [7, 11) is -18.2. The number of anilines is 1. The third-order valence-electron chi connectivity index (χ3n) is 7.16. The van der Waals surface area contributed by atoms with Gasteiger partial charge in [0.15, 0.2) is 50.1 Å². The van der Waals surface area contributed by atoms with Crippen LogP contribution in [0.1, 0.15) is 0 Å². The summed E-state index contributed by atoms with van der Waals surface area (Å²) in [5.74, 6) is -3.09. The third-order valence-corrected chi connectivity index (χ3v) is 13.3. The maximum Gasteiger partial charge on any atom is 0.296 e. The lowest BCUT2D eigenvalue weighted by Gasteiger charge is -2.14. The molecule has 0 bridgehead atoms. The minimum Gasteiger partial charge on any atom is -0.505 e. The number of aromatic hydroxyl groups is 1. The summed E-state index contributed by atoms with van der Waals surface area (Å²) >= 11 is 0.497. The van der Waals surface area contributed by atoms with Gasteiger partial charge in [0.2, 0.25) is 0 Å². The van der Waals surface area contributed by atoms with Crippen LogP contribution in [0.5, 0.6) is 5.75 Å². The Bertz CT molecular complexity index is 2690. The van der Waals surface area contributed by atoms with E-state index in [0.717, 1.165) is 24.3 Å². The Morgan fingerprint density at radius 2 is 1.25 bits per heavy atom. The maximum absolute atomic E-state index is 12.9. The highest BCUT2D eigenvalue weighted by Gasteiger charge is 2.24. The van der Waals surface area contributed by atoms with Gasteiger partial charge in [0, 0.05) is 10.8 Å². The SMILES string of the molecule is O=S(=O)(O)CNc1ccc2c(O)c(/N=N/c3cccc(S(=O)(=O)CCOSOOO)c3)c(SOOO)cc2c1/N=N/c1ccc(S(=O)(=O)CCOSOOO)cc1S(=O)(=O)O. The molecule has 0 radical (unpaired) electrons. The summed E-state index contributed by atoms with van der Waals surface area (Å²) in [6.45, 7) is -0.926. The first-order chi connectivity index (χ1) is 28.8. The van der Waals surface area contributed by atoms with Crippen molar-refractivity contribution in [1.82, 2.24) is 0 Å². The topological polar surface area (TPSA) is 393 Å². The highest BCUT2D eigenvalue weighted by Crippen LogP contribution is 2.48. The molecule has 0 saturated carbocycles. The number of azo groups is 2. The number of sulfone groups is 2. The Morgan fingerprint density at radius 3 is 1.84 bits per heavy atom. The first kappa shape index (κ1) is 49.9. The van der Waals surface area contributed by atoms with E-state index in [-0.39, 0.29) is 86.6 Å². The molecule has 0 aliphatic rings. The number of benzene rings is 4. The van der Waals surface area contributed by atoms with Crippen LogP contribution < -0.4 is 5.32 Å². The molecule has 0 saturated heterocycles. The number of nitrogens with one attached hydrogen (secondary N) is 1. The second kappa shape index (κ2) is 22.6. The van der Waals surface area contributed by atoms with Crippen molar-refractivity contribution in [2.75, 3.05) is 35.9 Å². The molecule has 27 nitrogen and oxygen atoms in total. The van der Waals surface area contributed by atoms with Crippen molar-refractivity contribution in [1.29, 1.82) is 0 Å². The standard InChI is InChI=1S/C27H27N5O22S7/c33-27-19-5-7-22(28-15-60(41,42)43)25(31-30-21-6-4-18(13-24(21)61(44,45)46)59(39,40)11-9-48-57-54-51-36)20(19)14-23(55-52-49-34)26(27)32-29-16-2-1-3-17(12-16)58(37,38)10-8-47-56-53-50-35/h1-7,12-14,28,33-36H,8-11,15H2,(H,41,42,43)(H,44,45,46)/b31-30+,32-29+. The largest absolute Gasteiger partial charge is 0.505 e. The predicted octanol–water partition coefficient (Wildman–Crippen LogP) is 5.86. The lowest BCUT2D eigenvalue weighted by Crippen LogP contribution is -2.13. The molecule has 0 fully saturated rings. The average Bonchev–Trinajstić information content (AvgIpc) is 3.20. The number of hydrogen-bond donors (Lipinski definition) is 7. The average molecular weight is 998 g/mol. The van der Waals surface area contributed by atoms with Crippen LogP contribution in [0, 0.1) is 0 Å². The molecular formula is C27H27N5O22S7. The van der Waals surface area contributed by atoms with E-state index in [4.69, 9.17) is 24.1 Å². The van der Waals surface area contributed by atoms with Crippen LogP contribution in [0.2, 0.25) is 0 Å². The van der Waals surface area contributed by atoms with Crippen molar-refractivity contribution in [2.45, 2.75) is 19.6 Å². The lowest BCUT2D eigenvalue weighted by atomic mass is 10.1. The van der Waals surface area contributed by atoms with Crippen molar-refractivity contribution < 1.29 is 100 Å². The quantitative estimate of drug-likeness (QED) is 0.0102. The van der Waals surface area contributed by atoms with Crippen molar-refractivity contribution in [2.24, 2.45) is 20.5 Å². The van der Waals surface area contributed by atoms with Gasteiger partial charge < -0.3 is 10.4 Å². The van der Waals surface area contributed by atoms with Crippen LogP contribution in [0.25, 0.3) is 10.8 Å². The summed E-state index contributed by atoms with van der Waals surface area (Å²) in [5, 5.41) is 64.9. The second-order valence-corrected chi connectivity index (χ2v) is 19.8.